The van der Waals surface area contributed by atoms with Crippen LogP contribution in [-0.4, -0.2) is 6.29 Å². The van der Waals surface area contributed by atoms with Crippen LogP contribution in [-0.2, 0) is 0 Å². The third-order valence-electron chi connectivity index (χ3n) is 2.95. The largest absolute Gasteiger partial charge is 0.298 e. The molecular weight excluding hydrogens is 196 g/mol. The highest BCUT2D eigenvalue weighted by Crippen LogP contribution is 2.37. The summed E-state index contributed by atoms with van der Waals surface area (Å²) in [7, 11) is 0. The molecule has 0 aromatic heterocycles. The van der Waals surface area contributed by atoms with Crippen LogP contribution < -0.4 is 0 Å². The number of aldehydes is 1. The van der Waals surface area contributed by atoms with Crippen molar-refractivity contribution in [3.63, 3.8) is 0 Å². The molecular formula is C12H13ClO. The molecule has 1 aromatic rings. The van der Waals surface area contributed by atoms with E-state index >= 15 is 0 Å². The maximum atomic E-state index is 10.6. The Morgan fingerprint density at radius 2 is 2.00 bits per heavy atom. The highest BCUT2D eigenvalue weighted by molar-refractivity contribution is 6.31. The van der Waals surface area contributed by atoms with Crippen molar-refractivity contribution in [2.75, 3.05) is 0 Å². The average molecular weight is 209 g/mol. The fraction of sp³-hybridized carbons (Fsp3) is 0.417. The molecule has 1 saturated carbocycles. The summed E-state index contributed by atoms with van der Waals surface area (Å²) in [6.45, 7) is 0. The van der Waals surface area contributed by atoms with Gasteiger partial charge in [0.05, 0.1) is 0 Å². The lowest BCUT2D eigenvalue weighted by Gasteiger charge is -2.11. The first-order chi connectivity index (χ1) is 6.81. The van der Waals surface area contributed by atoms with E-state index in [1.165, 1.54) is 25.7 Å². The van der Waals surface area contributed by atoms with Crippen molar-refractivity contribution in [2.45, 2.75) is 31.6 Å². The van der Waals surface area contributed by atoms with Gasteiger partial charge >= 0.3 is 0 Å². The summed E-state index contributed by atoms with van der Waals surface area (Å²) in [6.07, 6.45) is 5.87. The second-order valence-corrected chi connectivity index (χ2v) is 4.29. The highest BCUT2D eigenvalue weighted by Gasteiger charge is 2.19. The molecule has 0 saturated heterocycles. The minimum Gasteiger partial charge on any atom is -0.298 e. The molecule has 0 aliphatic heterocycles. The van der Waals surface area contributed by atoms with Crippen LogP contribution in [0.4, 0.5) is 0 Å². The quantitative estimate of drug-likeness (QED) is 0.676. The number of hydrogen-bond donors (Lipinski definition) is 0. The third-order valence-corrected chi connectivity index (χ3v) is 3.30. The van der Waals surface area contributed by atoms with Crippen LogP contribution in [0.25, 0.3) is 0 Å². The van der Waals surface area contributed by atoms with E-state index in [4.69, 9.17) is 11.6 Å². The van der Waals surface area contributed by atoms with Gasteiger partial charge in [0, 0.05) is 10.6 Å². The van der Waals surface area contributed by atoms with Gasteiger partial charge in [-0.05, 0) is 36.5 Å². The SMILES string of the molecule is O=Cc1ccc(Cl)c(C2CCCC2)c1. The summed E-state index contributed by atoms with van der Waals surface area (Å²) in [4.78, 5) is 10.6. The first-order valence-electron chi connectivity index (χ1n) is 5.06. The van der Waals surface area contributed by atoms with Crippen LogP contribution in [0, 0.1) is 0 Å². The Kier molecular flexibility index (Phi) is 2.87. The number of rotatable bonds is 2. The molecule has 74 valence electrons. The maximum Gasteiger partial charge on any atom is 0.150 e. The summed E-state index contributed by atoms with van der Waals surface area (Å²) in [5.41, 5.74) is 1.89. The Morgan fingerprint density at radius 1 is 1.29 bits per heavy atom. The minimum absolute atomic E-state index is 0.572. The molecule has 0 N–H and O–H groups in total. The van der Waals surface area contributed by atoms with Crippen molar-refractivity contribution in [3.8, 4) is 0 Å². The van der Waals surface area contributed by atoms with Crippen molar-refractivity contribution < 1.29 is 4.79 Å². The lowest BCUT2D eigenvalue weighted by molar-refractivity contribution is 0.112. The molecule has 0 amide bonds. The highest BCUT2D eigenvalue weighted by atomic mass is 35.5. The Balaban J connectivity index is 2.34. The van der Waals surface area contributed by atoms with Crippen molar-refractivity contribution >= 4 is 17.9 Å². The van der Waals surface area contributed by atoms with Gasteiger partial charge in [-0.2, -0.15) is 0 Å². The normalized spacial score (nSPS) is 17.2. The second kappa shape index (κ2) is 4.14. The molecule has 0 unspecified atom stereocenters. The van der Waals surface area contributed by atoms with E-state index in [1.54, 1.807) is 6.07 Å². The Bertz CT molecular complexity index is 340. The van der Waals surface area contributed by atoms with Gasteiger partial charge < -0.3 is 0 Å². The third kappa shape index (κ3) is 1.83. The lowest BCUT2D eigenvalue weighted by atomic mass is 9.96. The lowest BCUT2D eigenvalue weighted by Crippen LogP contribution is -1.95. The summed E-state index contributed by atoms with van der Waals surface area (Å²) in [5, 5.41) is 0.808. The molecule has 2 heteroatoms. The van der Waals surface area contributed by atoms with Gasteiger partial charge in [-0.15, -0.1) is 0 Å². The fourth-order valence-electron chi connectivity index (χ4n) is 2.19. The van der Waals surface area contributed by atoms with Crippen LogP contribution in [0.2, 0.25) is 5.02 Å². The topological polar surface area (TPSA) is 17.1 Å². The van der Waals surface area contributed by atoms with Crippen LogP contribution in [0.3, 0.4) is 0 Å². The van der Waals surface area contributed by atoms with E-state index in [2.05, 4.69) is 0 Å². The predicted octanol–water partition coefficient (Wildman–Crippen LogP) is 3.81. The molecule has 0 spiro atoms. The van der Waals surface area contributed by atoms with Gasteiger partial charge in [-0.3, -0.25) is 4.79 Å². The summed E-state index contributed by atoms with van der Waals surface area (Å²) < 4.78 is 0. The van der Waals surface area contributed by atoms with Gasteiger partial charge in [-0.25, -0.2) is 0 Å². The summed E-state index contributed by atoms with van der Waals surface area (Å²) >= 11 is 6.12. The van der Waals surface area contributed by atoms with Gasteiger partial charge in [0.2, 0.25) is 0 Å². The standard InChI is InChI=1S/C12H13ClO/c13-12-6-5-9(8-14)7-11(12)10-3-1-2-4-10/h5-8,10H,1-4H2. The first-order valence-corrected chi connectivity index (χ1v) is 5.43. The predicted molar refractivity (Wildman–Crippen MR) is 58.0 cm³/mol. The van der Waals surface area contributed by atoms with Crippen LogP contribution in [0.15, 0.2) is 18.2 Å². The van der Waals surface area contributed by atoms with Crippen LogP contribution >= 0.6 is 11.6 Å². The molecule has 1 fully saturated rings. The molecule has 1 nitrogen and oxygen atoms in total. The Morgan fingerprint density at radius 3 is 2.64 bits per heavy atom. The number of carbonyl (C=O) groups is 1. The van der Waals surface area contributed by atoms with E-state index in [0.29, 0.717) is 5.92 Å². The van der Waals surface area contributed by atoms with Crippen LogP contribution in [0.1, 0.15) is 47.5 Å². The molecule has 0 bridgehead atoms. The van der Waals surface area contributed by atoms with Gasteiger partial charge in [-0.1, -0.05) is 30.5 Å². The molecule has 14 heavy (non-hydrogen) atoms. The number of halogens is 1. The maximum absolute atomic E-state index is 10.6. The van der Waals surface area contributed by atoms with Gasteiger partial charge in [0.25, 0.3) is 0 Å². The van der Waals surface area contributed by atoms with E-state index in [0.717, 1.165) is 22.4 Å². The van der Waals surface area contributed by atoms with Crippen LogP contribution in [0.5, 0.6) is 0 Å². The zero-order chi connectivity index (χ0) is 9.97. The zero-order valence-corrected chi connectivity index (χ0v) is 8.76. The zero-order valence-electron chi connectivity index (χ0n) is 8.00. The summed E-state index contributed by atoms with van der Waals surface area (Å²) in [6, 6.07) is 5.54. The monoisotopic (exact) mass is 208 g/mol. The average Bonchev–Trinajstić information content (AvgIpc) is 2.71. The molecule has 1 aliphatic carbocycles. The molecule has 0 heterocycles. The Hall–Kier alpha value is -0.820. The van der Waals surface area contributed by atoms with Crippen molar-refractivity contribution in [1.29, 1.82) is 0 Å². The molecule has 0 atom stereocenters. The fourth-order valence-corrected chi connectivity index (χ4v) is 2.46. The Labute approximate surface area is 89.1 Å². The minimum atomic E-state index is 0.572. The molecule has 0 radical (unpaired) electrons. The summed E-state index contributed by atoms with van der Waals surface area (Å²) in [5.74, 6) is 0.572. The van der Waals surface area contributed by atoms with Crippen molar-refractivity contribution in [1.82, 2.24) is 0 Å². The van der Waals surface area contributed by atoms with Gasteiger partial charge in [0.1, 0.15) is 6.29 Å². The van der Waals surface area contributed by atoms with E-state index in [1.807, 2.05) is 12.1 Å². The molecule has 1 aliphatic rings. The first kappa shape index (κ1) is 9.72. The van der Waals surface area contributed by atoms with E-state index in [-0.39, 0.29) is 0 Å². The van der Waals surface area contributed by atoms with E-state index in [9.17, 15) is 4.79 Å². The second-order valence-electron chi connectivity index (χ2n) is 3.88. The molecule has 2 rings (SSSR count). The van der Waals surface area contributed by atoms with Gasteiger partial charge in [0.15, 0.2) is 0 Å². The number of hydrogen-bond acceptors (Lipinski definition) is 1. The number of carbonyl (C=O) groups excluding carboxylic acids is 1. The smallest absolute Gasteiger partial charge is 0.150 e. The van der Waals surface area contributed by atoms with Crippen molar-refractivity contribution in [3.05, 3.63) is 34.3 Å². The van der Waals surface area contributed by atoms with E-state index < -0.39 is 0 Å². The molecule has 1 aromatic carbocycles. The van der Waals surface area contributed by atoms with Crippen molar-refractivity contribution in [2.24, 2.45) is 0 Å². The number of benzene rings is 1.